The zero-order chi connectivity index (χ0) is 17.2. The smallest absolute Gasteiger partial charge is 0.264 e. The Morgan fingerprint density at radius 1 is 1.00 bits per heavy atom. The molecule has 0 amide bonds. The first-order valence-electron chi connectivity index (χ1n) is 8.00. The lowest BCUT2D eigenvalue weighted by atomic mass is 10.1. The van der Waals surface area contributed by atoms with Crippen LogP contribution in [0.2, 0.25) is 0 Å². The molecule has 4 rings (SSSR count). The number of nitrogen functional groups attached to an aromatic ring is 1. The van der Waals surface area contributed by atoms with Crippen molar-refractivity contribution in [2.45, 2.75) is 13.5 Å². The molecule has 1 heterocycles. The number of nitrogens with zero attached hydrogens (tertiary/aromatic N) is 2. The monoisotopic (exact) mass is 331 g/mol. The van der Waals surface area contributed by atoms with Crippen molar-refractivity contribution in [3.8, 4) is 17.1 Å². The Morgan fingerprint density at radius 3 is 2.72 bits per heavy atom. The first kappa shape index (κ1) is 15.2. The maximum Gasteiger partial charge on any atom is 0.264 e. The number of benzene rings is 3. The van der Waals surface area contributed by atoms with Crippen LogP contribution in [0.3, 0.4) is 0 Å². The fourth-order valence-corrected chi connectivity index (χ4v) is 2.72. The molecule has 0 saturated heterocycles. The average Bonchev–Trinajstić information content (AvgIpc) is 3.11. The van der Waals surface area contributed by atoms with E-state index in [-0.39, 0.29) is 6.61 Å². The summed E-state index contributed by atoms with van der Waals surface area (Å²) in [6.45, 7) is 2.15. The topological polar surface area (TPSA) is 74.2 Å². The molecule has 0 saturated carbocycles. The SMILES string of the molecule is Cc1c(N)cccc1-c1noc(COc2ccc3ccccc3c2)n1. The van der Waals surface area contributed by atoms with Gasteiger partial charge in [0.2, 0.25) is 5.82 Å². The summed E-state index contributed by atoms with van der Waals surface area (Å²) in [7, 11) is 0. The average molecular weight is 331 g/mol. The van der Waals surface area contributed by atoms with E-state index in [0.29, 0.717) is 17.4 Å². The molecular weight excluding hydrogens is 314 g/mol. The zero-order valence-electron chi connectivity index (χ0n) is 13.8. The third kappa shape index (κ3) is 3.04. The number of aromatic nitrogens is 2. The number of hydrogen-bond acceptors (Lipinski definition) is 5. The lowest BCUT2D eigenvalue weighted by Gasteiger charge is -2.05. The highest BCUT2D eigenvalue weighted by Gasteiger charge is 2.12. The first-order valence-corrected chi connectivity index (χ1v) is 8.00. The summed E-state index contributed by atoms with van der Waals surface area (Å²) < 4.78 is 11.1. The number of fused-ring (bicyclic) bond motifs is 1. The third-order valence-electron chi connectivity index (χ3n) is 4.17. The summed E-state index contributed by atoms with van der Waals surface area (Å²) in [6, 6.07) is 19.7. The van der Waals surface area contributed by atoms with Crippen LogP contribution in [0.4, 0.5) is 5.69 Å². The summed E-state index contributed by atoms with van der Waals surface area (Å²) >= 11 is 0. The van der Waals surface area contributed by atoms with E-state index in [1.165, 1.54) is 5.39 Å². The van der Waals surface area contributed by atoms with Crippen molar-refractivity contribution in [2.75, 3.05) is 5.73 Å². The molecule has 4 aromatic rings. The van der Waals surface area contributed by atoms with Gasteiger partial charge in [-0.15, -0.1) is 0 Å². The lowest BCUT2D eigenvalue weighted by molar-refractivity contribution is 0.243. The molecule has 25 heavy (non-hydrogen) atoms. The molecule has 3 aromatic carbocycles. The summed E-state index contributed by atoms with van der Waals surface area (Å²) in [4.78, 5) is 4.40. The van der Waals surface area contributed by atoms with Gasteiger partial charge in [0.15, 0.2) is 6.61 Å². The third-order valence-corrected chi connectivity index (χ3v) is 4.17. The van der Waals surface area contributed by atoms with Gasteiger partial charge in [-0.3, -0.25) is 0 Å². The van der Waals surface area contributed by atoms with Crippen LogP contribution in [0, 0.1) is 6.92 Å². The van der Waals surface area contributed by atoms with Crippen molar-refractivity contribution >= 4 is 16.5 Å². The molecule has 0 aliphatic heterocycles. The first-order chi connectivity index (χ1) is 12.2. The quantitative estimate of drug-likeness (QED) is 0.562. The van der Waals surface area contributed by atoms with Gasteiger partial charge in [-0.2, -0.15) is 4.98 Å². The molecule has 0 radical (unpaired) electrons. The van der Waals surface area contributed by atoms with Crippen LogP contribution in [-0.2, 0) is 6.61 Å². The van der Waals surface area contributed by atoms with Crippen molar-refractivity contribution in [3.05, 3.63) is 72.1 Å². The van der Waals surface area contributed by atoms with Crippen molar-refractivity contribution in [3.63, 3.8) is 0 Å². The van der Waals surface area contributed by atoms with E-state index in [4.69, 9.17) is 15.0 Å². The Labute approximate surface area is 145 Å². The van der Waals surface area contributed by atoms with E-state index in [2.05, 4.69) is 22.3 Å². The molecule has 2 N–H and O–H groups in total. The van der Waals surface area contributed by atoms with Crippen molar-refractivity contribution in [1.29, 1.82) is 0 Å². The Hall–Kier alpha value is -3.34. The number of anilines is 1. The molecule has 0 bridgehead atoms. The highest BCUT2D eigenvalue weighted by atomic mass is 16.5. The number of ether oxygens (including phenoxy) is 1. The van der Waals surface area contributed by atoms with Gasteiger partial charge >= 0.3 is 0 Å². The number of rotatable bonds is 4. The van der Waals surface area contributed by atoms with Crippen molar-refractivity contribution < 1.29 is 9.26 Å². The highest BCUT2D eigenvalue weighted by Crippen LogP contribution is 2.25. The van der Waals surface area contributed by atoms with Crippen LogP contribution in [0.15, 0.2) is 65.2 Å². The van der Waals surface area contributed by atoms with Crippen LogP contribution in [-0.4, -0.2) is 10.1 Å². The van der Waals surface area contributed by atoms with E-state index in [9.17, 15) is 0 Å². The van der Waals surface area contributed by atoms with E-state index in [1.807, 2.05) is 55.5 Å². The molecule has 5 nitrogen and oxygen atoms in total. The molecule has 0 atom stereocenters. The predicted octanol–water partition coefficient (Wildman–Crippen LogP) is 4.36. The van der Waals surface area contributed by atoms with Crippen LogP contribution in [0.25, 0.3) is 22.2 Å². The fraction of sp³-hybridized carbons (Fsp3) is 0.100. The van der Waals surface area contributed by atoms with Gasteiger partial charge in [0.25, 0.3) is 5.89 Å². The molecule has 0 aliphatic rings. The zero-order valence-corrected chi connectivity index (χ0v) is 13.8. The van der Waals surface area contributed by atoms with Gasteiger partial charge < -0.3 is 15.0 Å². The minimum absolute atomic E-state index is 0.215. The highest BCUT2D eigenvalue weighted by molar-refractivity contribution is 5.83. The molecule has 0 unspecified atom stereocenters. The minimum Gasteiger partial charge on any atom is -0.484 e. The Balaban J connectivity index is 1.52. The molecule has 0 aliphatic carbocycles. The molecule has 0 spiro atoms. The second-order valence-electron chi connectivity index (χ2n) is 5.83. The van der Waals surface area contributed by atoms with Crippen molar-refractivity contribution in [1.82, 2.24) is 10.1 Å². The van der Waals surface area contributed by atoms with Gasteiger partial charge in [0.05, 0.1) is 0 Å². The second kappa shape index (κ2) is 6.28. The van der Waals surface area contributed by atoms with E-state index < -0.39 is 0 Å². The summed E-state index contributed by atoms with van der Waals surface area (Å²) in [5.41, 5.74) is 8.44. The normalized spacial score (nSPS) is 10.9. The van der Waals surface area contributed by atoms with E-state index >= 15 is 0 Å². The van der Waals surface area contributed by atoms with Crippen LogP contribution in [0.5, 0.6) is 5.75 Å². The van der Waals surface area contributed by atoms with Gasteiger partial charge in [-0.1, -0.05) is 47.6 Å². The van der Waals surface area contributed by atoms with Gasteiger partial charge in [0.1, 0.15) is 5.75 Å². The molecule has 124 valence electrons. The summed E-state index contributed by atoms with van der Waals surface area (Å²) in [5, 5.41) is 6.33. The van der Waals surface area contributed by atoms with Crippen LogP contribution < -0.4 is 10.5 Å². The van der Waals surface area contributed by atoms with Crippen molar-refractivity contribution in [2.24, 2.45) is 0 Å². The Morgan fingerprint density at radius 2 is 1.84 bits per heavy atom. The van der Waals surface area contributed by atoms with E-state index in [1.54, 1.807) is 0 Å². The standard InChI is InChI=1S/C20H17N3O2/c1-13-17(7-4-8-18(13)21)20-22-19(25-23-20)12-24-16-10-9-14-5-2-3-6-15(14)11-16/h2-11H,12,21H2,1H3. The summed E-state index contributed by atoms with van der Waals surface area (Å²) in [5.74, 6) is 1.70. The Bertz CT molecular complexity index is 1040. The number of hydrogen-bond donors (Lipinski definition) is 1. The van der Waals surface area contributed by atoms with Gasteiger partial charge in [0, 0.05) is 11.3 Å². The predicted molar refractivity (Wildman–Crippen MR) is 97.2 cm³/mol. The molecular formula is C20H17N3O2. The largest absolute Gasteiger partial charge is 0.484 e. The second-order valence-corrected chi connectivity index (χ2v) is 5.83. The molecule has 1 aromatic heterocycles. The van der Waals surface area contributed by atoms with Crippen LogP contribution in [0.1, 0.15) is 11.5 Å². The van der Waals surface area contributed by atoms with E-state index in [0.717, 1.165) is 22.3 Å². The molecule has 5 heteroatoms. The minimum atomic E-state index is 0.215. The lowest BCUT2D eigenvalue weighted by Crippen LogP contribution is -1.96. The fourth-order valence-electron chi connectivity index (χ4n) is 2.72. The molecule has 0 fully saturated rings. The summed E-state index contributed by atoms with van der Waals surface area (Å²) in [6.07, 6.45) is 0. The number of nitrogens with two attached hydrogens (primary N) is 1. The van der Waals surface area contributed by atoms with Crippen LogP contribution >= 0.6 is 0 Å². The van der Waals surface area contributed by atoms with Gasteiger partial charge in [-0.25, -0.2) is 0 Å². The maximum atomic E-state index is 5.93. The maximum absolute atomic E-state index is 5.93. The Kier molecular flexibility index (Phi) is 3.82. The van der Waals surface area contributed by atoms with Gasteiger partial charge in [-0.05, 0) is 41.5 Å².